The van der Waals surface area contributed by atoms with Crippen LogP contribution in [0.3, 0.4) is 0 Å². The summed E-state index contributed by atoms with van der Waals surface area (Å²) in [4.78, 5) is 16.8. The molecule has 2 heterocycles. The Balaban J connectivity index is 2.15. The van der Waals surface area contributed by atoms with Crippen molar-refractivity contribution < 1.29 is 14.3 Å². The number of benzene rings is 1. The second-order valence-electron chi connectivity index (χ2n) is 5.36. The van der Waals surface area contributed by atoms with Gasteiger partial charge in [0.2, 0.25) is 11.8 Å². The maximum atomic E-state index is 12.6. The molecular weight excluding hydrogens is 308 g/mol. The SMILES string of the molecule is CCOC(=O)C1=C(OCC)Nc2ncnn2C1c1ccc(C)cc1. The van der Waals surface area contributed by atoms with Crippen LogP contribution in [0.1, 0.15) is 31.0 Å². The number of hydrogen-bond donors (Lipinski definition) is 1. The van der Waals surface area contributed by atoms with E-state index in [-0.39, 0.29) is 6.61 Å². The summed E-state index contributed by atoms with van der Waals surface area (Å²) < 4.78 is 12.6. The van der Waals surface area contributed by atoms with E-state index in [0.29, 0.717) is 24.0 Å². The molecule has 0 radical (unpaired) electrons. The lowest BCUT2D eigenvalue weighted by atomic mass is 9.97. The molecule has 1 aromatic heterocycles. The Morgan fingerprint density at radius 3 is 2.67 bits per heavy atom. The van der Waals surface area contributed by atoms with E-state index in [1.165, 1.54) is 6.33 Å². The van der Waals surface area contributed by atoms with Gasteiger partial charge in [0.15, 0.2) is 0 Å². The lowest BCUT2D eigenvalue weighted by molar-refractivity contribution is -0.139. The molecule has 0 amide bonds. The van der Waals surface area contributed by atoms with Gasteiger partial charge in [0.1, 0.15) is 17.9 Å². The van der Waals surface area contributed by atoms with Gasteiger partial charge in [-0.1, -0.05) is 29.8 Å². The van der Waals surface area contributed by atoms with Gasteiger partial charge in [-0.3, -0.25) is 5.32 Å². The molecule has 0 bridgehead atoms. The fourth-order valence-corrected chi connectivity index (χ4v) is 2.67. The molecule has 1 atom stereocenters. The summed E-state index contributed by atoms with van der Waals surface area (Å²) in [6.45, 7) is 6.35. The maximum Gasteiger partial charge on any atom is 0.342 e. The number of ether oxygens (including phenoxy) is 2. The summed E-state index contributed by atoms with van der Waals surface area (Å²) in [5.74, 6) is 0.458. The Kier molecular flexibility index (Phi) is 4.50. The van der Waals surface area contributed by atoms with Gasteiger partial charge < -0.3 is 9.47 Å². The van der Waals surface area contributed by atoms with Crippen LogP contribution in [-0.4, -0.2) is 33.9 Å². The van der Waals surface area contributed by atoms with E-state index in [0.717, 1.165) is 11.1 Å². The van der Waals surface area contributed by atoms with Gasteiger partial charge in [0, 0.05) is 0 Å². The summed E-state index contributed by atoms with van der Waals surface area (Å²) in [6.07, 6.45) is 1.45. The van der Waals surface area contributed by atoms with Crippen molar-refractivity contribution in [1.82, 2.24) is 14.8 Å². The van der Waals surface area contributed by atoms with Crippen LogP contribution in [0.4, 0.5) is 5.95 Å². The fraction of sp³-hybridized carbons (Fsp3) is 0.353. The predicted octanol–water partition coefficient (Wildman–Crippen LogP) is 2.41. The van der Waals surface area contributed by atoms with E-state index in [9.17, 15) is 4.79 Å². The number of anilines is 1. The first-order chi connectivity index (χ1) is 11.7. The number of esters is 1. The van der Waals surface area contributed by atoms with Crippen LogP contribution < -0.4 is 5.32 Å². The number of nitrogens with one attached hydrogen (secondary N) is 1. The van der Waals surface area contributed by atoms with E-state index in [1.807, 2.05) is 38.1 Å². The van der Waals surface area contributed by atoms with Crippen LogP contribution in [0, 0.1) is 6.92 Å². The molecule has 24 heavy (non-hydrogen) atoms. The third-order valence-corrected chi connectivity index (χ3v) is 3.74. The van der Waals surface area contributed by atoms with Crippen molar-refractivity contribution in [2.24, 2.45) is 0 Å². The van der Waals surface area contributed by atoms with Crippen molar-refractivity contribution in [3.05, 3.63) is 53.2 Å². The van der Waals surface area contributed by atoms with Gasteiger partial charge in [-0.05, 0) is 26.3 Å². The highest BCUT2D eigenvalue weighted by Crippen LogP contribution is 2.35. The number of nitrogens with zero attached hydrogens (tertiary/aromatic N) is 3. The van der Waals surface area contributed by atoms with Crippen LogP contribution in [-0.2, 0) is 14.3 Å². The molecule has 3 rings (SSSR count). The van der Waals surface area contributed by atoms with E-state index < -0.39 is 12.0 Å². The second-order valence-corrected chi connectivity index (χ2v) is 5.36. The summed E-state index contributed by atoms with van der Waals surface area (Å²) in [6, 6.07) is 7.48. The second kappa shape index (κ2) is 6.74. The van der Waals surface area contributed by atoms with Crippen LogP contribution in [0.15, 0.2) is 42.0 Å². The summed E-state index contributed by atoms with van der Waals surface area (Å²) in [7, 11) is 0. The van der Waals surface area contributed by atoms with Gasteiger partial charge in [-0.25, -0.2) is 9.48 Å². The number of carbonyl (C=O) groups excluding carboxylic acids is 1. The minimum Gasteiger partial charge on any atom is -0.479 e. The van der Waals surface area contributed by atoms with Gasteiger partial charge in [-0.15, -0.1) is 0 Å². The first kappa shape index (κ1) is 16.0. The molecule has 126 valence electrons. The lowest BCUT2D eigenvalue weighted by Crippen LogP contribution is -2.31. The third kappa shape index (κ3) is 2.84. The molecule has 1 aliphatic heterocycles. The monoisotopic (exact) mass is 328 g/mol. The van der Waals surface area contributed by atoms with E-state index in [1.54, 1.807) is 11.6 Å². The first-order valence-electron chi connectivity index (χ1n) is 7.92. The molecule has 7 heteroatoms. The minimum atomic E-state index is -0.454. The smallest absolute Gasteiger partial charge is 0.342 e. The topological polar surface area (TPSA) is 78.3 Å². The van der Waals surface area contributed by atoms with Gasteiger partial charge in [-0.2, -0.15) is 10.1 Å². The van der Waals surface area contributed by atoms with Crippen molar-refractivity contribution in [2.45, 2.75) is 26.8 Å². The number of hydrogen-bond acceptors (Lipinski definition) is 6. The van der Waals surface area contributed by atoms with Gasteiger partial charge in [0.25, 0.3) is 0 Å². The Bertz CT molecular complexity index is 764. The predicted molar refractivity (Wildman–Crippen MR) is 88.2 cm³/mol. The molecule has 7 nitrogen and oxygen atoms in total. The Morgan fingerprint density at radius 2 is 2.00 bits per heavy atom. The zero-order chi connectivity index (χ0) is 17.1. The molecule has 1 aliphatic rings. The van der Waals surface area contributed by atoms with E-state index >= 15 is 0 Å². The molecule has 0 saturated heterocycles. The molecule has 0 spiro atoms. The molecule has 2 aromatic rings. The normalized spacial score (nSPS) is 16.4. The molecule has 0 aliphatic carbocycles. The average molecular weight is 328 g/mol. The number of carbonyl (C=O) groups is 1. The number of fused-ring (bicyclic) bond motifs is 1. The van der Waals surface area contributed by atoms with E-state index in [2.05, 4.69) is 15.4 Å². The van der Waals surface area contributed by atoms with Crippen molar-refractivity contribution in [2.75, 3.05) is 18.5 Å². The van der Waals surface area contributed by atoms with Crippen LogP contribution >= 0.6 is 0 Å². The molecule has 0 saturated carbocycles. The Hall–Kier alpha value is -2.83. The highest BCUT2D eigenvalue weighted by atomic mass is 16.5. The van der Waals surface area contributed by atoms with Gasteiger partial charge >= 0.3 is 5.97 Å². The molecule has 1 aromatic carbocycles. The molecule has 0 fully saturated rings. The highest BCUT2D eigenvalue weighted by molar-refractivity contribution is 5.92. The zero-order valence-electron chi connectivity index (χ0n) is 13.9. The standard InChI is InChI=1S/C17H20N4O3/c1-4-23-15-13(16(22)24-5-2)14(12-8-6-11(3)7-9-12)21-17(20-15)18-10-19-21/h6-10,14H,4-5H2,1-3H3,(H,18,19,20). The minimum absolute atomic E-state index is 0.284. The zero-order valence-corrected chi connectivity index (χ0v) is 13.9. The van der Waals surface area contributed by atoms with Gasteiger partial charge in [0.05, 0.1) is 13.2 Å². The van der Waals surface area contributed by atoms with Crippen LogP contribution in [0.2, 0.25) is 0 Å². The van der Waals surface area contributed by atoms with Crippen molar-refractivity contribution in [3.63, 3.8) is 0 Å². The Morgan fingerprint density at radius 1 is 1.25 bits per heavy atom. The Labute approximate surface area is 140 Å². The van der Waals surface area contributed by atoms with Crippen LogP contribution in [0.5, 0.6) is 0 Å². The quantitative estimate of drug-likeness (QED) is 0.849. The van der Waals surface area contributed by atoms with E-state index in [4.69, 9.17) is 9.47 Å². The molecule has 1 N–H and O–H groups in total. The fourth-order valence-electron chi connectivity index (χ4n) is 2.67. The summed E-state index contributed by atoms with van der Waals surface area (Å²) in [5, 5.41) is 7.29. The first-order valence-corrected chi connectivity index (χ1v) is 7.92. The molecular formula is C17H20N4O3. The number of aryl methyl sites for hydroxylation is 1. The number of rotatable bonds is 5. The largest absolute Gasteiger partial charge is 0.479 e. The van der Waals surface area contributed by atoms with Crippen molar-refractivity contribution >= 4 is 11.9 Å². The maximum absolute atomic E-state index is 12.6. The van der Waals surface area contributed by atoms with Crippen LogP contribution in [0.25, 0.3) is 0 Å². The lowest BCUT2D eigenvalue weighted by Gasteiger charge is -2.28. The average Bonchev–Trinajstić information content (AvgIpc) is 3.03. The van der Waals surface area contributed by atoms with Crippen molar-refractivity contribution in [3.8, 4) is 0 Å². The summed E-state index contributed by atoms with van der Waals surface area (Å²) >= 11 is 0. The molecule has 1 unspecified atom stereocenters. The highest BCUT2D eigenvalue weighted by Gasteiger charge is 2.36. The summed E-state index contributed by atoms with van der Waals surface area (Å²) in [5.41, 5.74) is 2.44. The van der Waals surface area contributed by atoms with Crippen molar-refractivity contribution in [1.29, 1.82) is 0 Å². The third-order valence-electron chi connectivity index (χ3n) is 3.74. The number of aromatic nitrogens is 3.